The van der Waals surface area contributed by atoms with Crippen molar-refractivity contribution in [1.82, 2.24) is 14.9 Å². The van der Waals surface area contributed by atoms with E-state index >= 15 is 0 Å². The van der Waals surface area contributed by atoms with Gasteiger partial charge in [0.05, 0.1) is 17.6 Å². The Kier molecular flexibility index (Phi) is 4.85. The Morgan fingerprint density at radius 1 is 1.37 bits per heavy atom. The van der Waals surface area contributed by atoms with Gasteiger partial charge in [0.25, 0.3) is 11.9 Å². The topological polar surface area (TPSA) is 84.5 Å². The molecular formula is C20H21N5OS. The van der Waals surface area contributed by atoms with E-state index in [4.69, 9.17) is 5.73 Å². The molecule has 3 aromatic rings. The van der Waals surface area contributed by atoms with Crippen molar-refractivity contribution in [1.29, 1.82) is 0 Å². The second kappa shape index (κ2) is 7.44. The van der Waals surface area contributed by atoms with Gasteiger partial charge in [0.1, 0.15) is 0 Å². The van der Waals surface area contributed by atoms with Gasteiger partial charge >= 0.3 is 0 Å². The Labute approximate surface area is 161 Å². The first-order chi connectivity index (χ1) is 13.2. The molecule has 6 nitrogen and oxygen atoms in total. The Morgan fingerprint density at radius 3 is 3.07 bits per heavy atom. The zero-order valence-electron chi connectivity index (χ0n) is 15.1. The molecule has 1 atom stereocenters. The number of aliphatic imine (C=N–C) groups is 1. The highest BCUT2D eigenvalue weighted by molar-refractivity contribution is 7.17. The van der Waals surface area contributed by atoms with Crippen LogP contribution in [-0.4, -0.2) is 40.2 Å². The lowest BCUT2D eigenvalue weighted by molar-refractivity contribution is 0.0708. The summed E-state index contributed by atoms with van der Waals surface area (Å²) in [6, 6.07) is 10.0. The van der Waals surface area contributed by atoms with Crippen molar-refractivity contribution in [2.75, 3.05) is 13.1 Å². The molecule has 0 bridgehead atoms. The van der Waals surface area contributed by atoms with Crippen molar-refractivity contribution < 1.29 is 4.79 Å². The highest BCUT2D eigenvalue weighted by Crippen LogP contribution is 2.31. The molecule has 1 fully saturated rings. The second-order valence-corrected chi connectivity index (χ2v) is 7.66. The molecule has 0 spiro atoms. The second-order valence-electron chi connectivity index (χ2n) is 6.75. The molecular weight excluding hydrogens is 358 g/mol. The molecule has 3 heterocycles. The van der Waals surface area contributed by atoms with Crippen LogP contribution >= 0.6 is 11.3 Å². The first-order valence-electron chi connectivity index (χ1n) is 9.01. The maximum Gasteiger partial charge on any atom is 0.255 e. The predicted molar refractivity (Wildman–Crippen MR) is 109 cm³/mol. The molecule has 2 aromatic heterocycles. The summed E-state index contributed by atoms with van der Waals surface area (Å²) in [7, 11) is 0. The predicted octanol–water partition coefficient (Wildman–Crippen LogP) is 3.64. The molecule has 0 aliphatic carbocycles. The van der Waals surface area contributed by atoms with Gasteiger partial charge in [-0.1, -0.05) is 18.2 Å². The standard InChI is InChI=1S/C20H21N5OS/c1-13-9-17(24-20(23-13)22-12-21)14-5-4-8-25(10-14)19(26)16-11-27-18-7-3-2-6-15(16)18/h2-3,6-7,9,11-12,14H,4-5,8,10H2,1H3,(H2,21,22,23,24). The normalized spacial score (nSPS) is 17.7. The number of hydrogen-bond acceptors (Lipinski definition) is 5. The van der Waals surface area contributed by atoms with Gasteiger partial charge in [-0.05, 0) is 31.9 Å². The van der Waals surface area contributed by atoms with E-state index in [9.17, 15) is 4.79 Å². The Balaban J connectivity index is 1.59. The zero-order chi connectivity index (χ0) is 18.8. The highest BCUT2D eigenvalue weighted by atomic mass is 32.1. The van der Waals surface area contributed by atoms with Gasteiger partial charge in [-0.25, -0.2) is 15.0 Å². The van der Waals surface area contributed by atoms with Gasteiger partial charge in [-0.3, -0.25) is 4.79 Å². The average Bonchev–Trinajstić information content (AvgIpc) is 3.11. The van der Waals surface area contributed by atoms with Crippen LogP contribution < -0.4 is 5.73 Å². The van der Waals surface area contributed by atoms with Crippen LogP contribution in [0.4, 0.5) is 5.95 Å². The molecule has 7 heteroatoms. The number of thiophene rings is 1. The van der Waals surface area contributed by atoms with E-state index in [2.05, 4.69) is 21.0 Å². The van der Waals surface area contributed by atoms with Gasteiger partial charge in [0.2, 0.25) is 0 Å². The van der Waals surface area contributed by atoms with Crippen molar-refractivity contribution in [2.45, 2.75) is 25.7 Å². The number of rotatable bonds is 3. The number of nitrogens with zero attached hydrogens (tertiary/aromatic N) is 4. The summed E-state index contributed by atoms with van der Waals surface area (Å²) in [6.07, 6.45) is 3.16. The number of likely N-dealkylation sites (tertiary alicyclic amines) is 1. The van der Waals surface area contributed by atoms with Crippen LogP contribution in [0, 0.1) is 6.92 Å². The summed E-state index contributed by atoms with van der Waals surface area (Å²) in [5, 5.41) is 3.01. The van der Waals surface area contributed by atoms with Crippen molar-refractivity contribution >= 4 is 39.6 Å². The number of aryl methyl sites for hydroxylation is 1. The average molecular weight is 379 g/mol. The van der Waals surface area contributed by atoms with Crippen LogP contribution in [0.5, 0.6) is 0 Å². The SMILES string of the molecule is Cc1cc(C2CCCN(C(=O)c3csc4ccccc34)C2)nc(N=CN)n1. The minimum atomic E-state index is 0.100. The van der Waals surface area contributed by atoms with E-state index in [1.807, 2.05) is 41.5 Å². The van der Waals surface area contributed by atoms with Gasteiger partial charge in [-0.15, -0.1) is 11.3 Å². The smallest absolute Gasteiger partial charge is 0.255 e. The van der Waals surface area contributed by atoms with Crippen molar-refractivity contribution in [3.8, 4) is 0 Å². The van der Waals surface area contributed by atoms with Gasteiger partial charge in [0, 0.05) is 40.2 Å². The summed E-state index contributed by atoms with van der Waals surface area (Å²) in [5.74, 6) is 0.656. The molecule has 1 aromatic carbocycles. The van der Waals surface area contributed by atoms with E-state index in [0.717, 1.165) is 46.4 Å². The number of fused-ring (bicyclic) bond motifs is 1. The fourth-order valence-electron chi connectivity index (χ4n) is 3.63. The third kappa shape index (κ3) is 3.55. The van der Waals surface area contributed by atoms with E-state index in [1.165, 1.54) is 6.34 Å². The van der Waals surface area contributed by atoms with Crippen LogP contribution in [0.15, 0.2) is 40.7 Å². The summed E-state index contributed by atoms with van der Waals surface area (Å²) < 4.78 is 1.14. The monoisotopic (exact) mass is 379 g/mol. The molecule has 138 valence electrons. The Hall–Kier alpha value is -2.80. The van der Waals surface area contributed by atoms with Crippen LogP contribution in [-0.2, 0) is 0 Å². The number of nitrogens with two attached hydrogens (primary N) is 1. The molecule has 0 saturated carbocycles. The molecule has 1 amide bonds. The number of carbonyl (C=O) groups excluding carboxylic acids is 1. The zero-order valence-corrected chi connectivity index (χ0v) is 15.9. The number of piperidine rings is 1. The lowest BCUT2D eigenvalue weighted by Gasteiger charge is -2.32. The van der Waals surface area contributed by atoms with Gasteiger partial charge < -0.3 is 10.6 Å². The molecule has 2 N–H and O–H groups in total. The lowest BCUT2D eigenvalue weighted by atomic mass is 9.93. The number of hydrogen-bond donors (Lipinski definition) is 1. The van der Waals surface area contributed by atoms with Gasteiger partial charge in [-0.2, -0.15) is 0 Å². The third-order valence-corrected chi connectivity index (χ3v) is 5.85. The summed E-state index contributed by atoms with van der Waals surface area (Å²) in [5.41, 5.74) is 7.95. The minimum absolute atomic E-state index is 0.100. The molecule has 0 radical (unpaired) electrons. The summed E-state index contributed by atoms with van der Waals surface area (Å²) >= 11 is 1.62. The van der Waals surface area contributed by atoms with Crippen LogP contribution in [0.25, 0.3) is 10.1 Å². The minimum Gasteiger partial charge on any atom is -0.390 e. The van der Waals surface area contributed by atoms with E-state index in [0.29, 0.717) is 12.5 Å². The van der Waals surface area contributed by atoms with Crippen LogP contribution in [0.2, 0.25) is 0 Å². The van der Waals surface area contributed by atoms with Crippen molar-refractivity contribution in [3.05, 3.63) is 52.7 Å². The van der Waals surface area contributed by atoms with Crippen molar-refractivity contribution in [3.63, 3.8) is 0 Å². The maximum absolute atomic E-state index is 13.1. The molecule has 4 rings (SSSR count). The number of amides is 1. The Morgan fingerprint density at radius 2 is 2.22 bits per heavy atom. The first kappa shape index (κ1) is 17.6. The molecule has 1 aliphatic heterocycles. The maximum atomic E-state index is 13.1. The summed E-state index contributed by atoms with van der Waals surface area (Å²) in [4.78, 5) is 27.9. The third-order valence-electron chi connectivity index (χ3n) is 4.89. The quantitative estimate of drug-likeness (QED) is 0.556. The number of carbonyl (C=O) groups is 1. The number of aromatic nitrogens is 2. The van der Waals surface area contributed by atoms with E-state index < -0.39 is 0 Å². The van der Waals surface area contributed by atoms with E-state index in [1.54, 1.807) is 11.3 Å². The molecule has 1 aliphatic rings. The summed E-state index contributed by atoms with van der Waals surface area (Å²) in [6.45, 7) is 3.35. The fraction of sp³-hybridized carbons (Fsp3) is 0.300. The van der Waals surface area contributed by atoms with Gasteiger partial charge in [0.15, 0.2) is 0 Å². The molecule has 1 saturated heterocycles. The molecule has 27 heavy (non-hydrogen) atoms. The highest BCUT2D eigenvalue weighted by Gasteiger charge is 2.28. The van der Waals surface area contributed by atoms with Crippen LogP contribution in [0.1, 0.15) is 40.5 Å². The Bertz CT molecular complexity index is 1010. The lowest BCUT2D eigenvalue weighted by Crippen LogP contribution is -2.39. The first-order valence-corrected chi connectivity index (χ1v) is 9.89. The van der Waals surface area contributed by atoms with E-state index in [-0.39, 0.29) is 11.8 Å². The fourth-order valence-corrected chi connectivity index (χ4v) is 4.56. The van der Waals surface area contributed by atoms with Crippen molar-refractivity contribution in [2.24, 2.45) is 10.7 Å². The largest absolute Gasteiger partial charge is 0.390 e. The van der Waals surface area contributed by atoms with Crippen LogP contribution in [0.3, 0.4) is 0 Å². The molecule has 1 unspecified atom stereocenters. The number of benzene rings is 1.